The fourth-order valence-corrected chi connectivity index (χ4v) is 4.34. The molecule has 1 unspecified atom stereocenters. The first kappa shape index (κ1) is 22.1. The first-order valence-corrected chi connectivity index (χ1v) is 10.7. The summed E-state index contributed by atoms with van der Waals surface area (Å²) in [6, 6.07) is 18.4. The molecule has 0 saturated carbocycles. The molecule has 0 spiro atoms. The molecule has 3 aromatic carbocycles. The summed E-state index contributed by atoms with van der Waals surface area (Å²) in [6.45, 7) is 1.38. The lowest BCUT2D eigenvalue weighted by Gasteiger charge is -2.35. The Morgan fingerprint density at radius 1 is 1.09 bits per heavy atom. The normalized spacial score (nSPS) is 16.9. The summed E-state index contributed by atoms with van der Waals surface area (Å²) in [7, 11) is 1.37. The van der Waals surface area contributed by atoms with E-state index >= 15 is 0 Å². The predicted octanol–water partition coefficient (Wildman–Crippen LogP) is 3.49. The van der Waals surface area contributed by atoms with Crippen molar-refractivity contribution in [1.82, 2.24) is 9.97 Å². The summed E-state index contributed by atoms with van der Waals surface area (Å²) < 4.78 is 0. The molecule has 35 heavy (non-hydrogen) atoms. The van der Waals surface area contributed by atoms with E-state index in [1.165, 1.54) is 18.9 Å². The second-order valence-corrected chi connectivity index (χ2v) is 8.22. The van der Waals surface area contributed by atoms with Crippen LogP contribution in [0.5, 0.6) is 0 Å². The highest BCUT2D eigenvalue weighted by molar-refractivity contribution is 6.12. The van der Waals surface area contributed by atoms with E-state index in [9.17, 15) is 24.6 Å². The van der Waals surface area contributed by atoms with Crippen LogP contribution in [-0.2, 0) is 10.5 Å². The van der Waals surface area contributed by atoms with Crippen molar-refractivity contribution in [2.75, 3.05) is 22.2 Å². The first-order chi connectivity index (χ1) is 16.7. The Morgan fingerprint density at radius 3 is 2.60 bits per heavy atom. The lowest BCUT2D eigenvalue weighted by atomic mass is 9.93. The first-order valence-electron chi connectivity index (χ1n) is 10.7. The van der Waals surface area contributed by atoms with Gasteiger partial charge in [0.05, 0.1) is 11.0 Å². The number of nitrogens with one attached hydrogen (secondary N) is 2. The molecule has 4 N–H and O–H groups in total. The molecule has 1 aliphatic heterocycles. The van der Waals surface area contributed by atoms with Crippen molar-refractivity contribution < 1.29 is 24.6 Å². The number of carbonyl (C=O) groups excluding carboxylic acids is 2. The predicted molar refractivity (Wildman–Crippen MR) is 130 cm³/mol. The number of benzene rings is 3. The Morgan fingerprint density at radius 2 is 1.86 bits per heavy atom. The molecule has 0 fully saturated rings. The molecule has 0 aliphatic carbocycles. The monoisotopic (exact) mass is 471 g/mol. The van der Waals surface area contributed by atoms with Gasteiger partial charge in [0.25, 0.3) is 5.91 Å². The zero-order chi connectivity index (χ0) is 24.9. The van der Waals surface area contributed by atoms with Gasteiger partial charge in [-0.15, -0.1) is 0 Å². The van der Waals surface area contributed by atoms with Crippen LogP contribution in [0.3, 0.4) is 0 Å². The Labute approximate surface area is 199 Å². The number of hydrogen-bond acceptors (Lipinski definition) is 5. The molecule has 2 heterocycles. The van der Waals surface area contributed by atoms with E-state index in [4.69, 9.17) is 0 Å². The lowest BCUT2D eigenvalue weighted by molar-refractivity contribution is -0.114. The summed E-state index contributed by atoms with van der Waals surface area (Å²) >= 11 is 0. The van der Waals surface area contributed by atoms with E-state index in [2.05, 4.69) is 15.3 Å². The van der Waals surface area contributed by atoms with Gasteiger partial charge in [0, 0.05) is 42.0 Å². The Balaban J connectivity index is 1.68. The number of aromatic amines is 1. The van der Waals surface area contributed by atoms with Crippen molar-refractivity contribution in [3.8, 4) is 0 Å². The molecule has 0 bridgehead atoms. The minimum Gasteiger partial charge on any atom is -0.465 e. The Hall–Kier alpha value is -4.70. The van der Waals surface area contributed by atoms with Crippen LogP contribution in [0.15, 0.2) is 66.7 Å². The van der Waals surface area contributed by atoms with Gasteiger partial charge in [0.1, 0.15) is 0 Å². The molecule has 0 saturated heterocycles. The number of nitrogens with zero attached hydrogens (tertiary/aromatic N) is 3. The number of aliphatic hydroxyl groups is 1. The molecule has 3 amide bonds. The third-order valence-corrected chi connectivity index (χ3v) is 5.96. The van der Waals surface area contributed by atoms with Gasteiger partial charge in [-0.3, -0.25) is 19.4 Å². The quantitative estimate of drug-likeness (QED) is 0.359. The van der Waals surface area contributed by atoms with E-state index in [-0.39, 0.29) is 11.9 Å². The molecular weight excluding hydrogens is 450 g/mol. The number of hydrogen-bond donors (Lipinski definition) is 4. The zero-order valence-electron chi connectivity index (χ0n) is 18.8. The fraction of sp³-hybridized carbons (Fsp3) is 0.120. The largest absolute Gasteiger partial charge is 0.465 e. The number of fused-ring (bicyclic) bond motifs is 2. The van der Waals surface area contributed by atoms with E-state index in [1.54, 1.807) is 66.7 Å². The molecular formula is C25H21N5O5. The zero-order valence-corrected chi connectivity index (χ0v) is 18.8. The van der Waals surface area contributed by atoms with Crippen molar-refractivity contribution in [2.24, 2.45) is 0 Å². The number of amides is 3. The molecule has 1 aliphatic rings. The molecule has 0 radical (unpaired) electrons. The standard InChI is InChI=1S/C25H21N5O5/c1-14(31)26-16-6-5-7-17(13-16)30-22(32)18-8-3-4-9-19(18)25(30,35)15-10-11-20-21(12-15)28-23(27-20)29(2)24(33)34/h3-13,35H,1-2H3,(H,26,31)(H,27,28)(H,33,34). The Bertz CT molecular complexity index is 1510. The highest BCUT2D eigenvalue weighted by Gasteiger charge is 2.50. The third-order valence-electron chi connectivity index (χ3n) is 5.96. The van der Waals surface area contributed by atoms with Crippen LogP contribution >= 0.6 is 0 Å². The van der Waals surface area contributed by atoms with Crippen LogP contribution in [0, 0.1) is 0 Å². The van der Waals surface area contributed by atoms with Crippen LogP contribution in [0.1, 0.15) is 28.4 Å². The molecule has 5 rings (SSSR count). The number of carboxylic acid groups (broad SMARTS) is 1. The lowest BCUT2D eigenvalue weighted by Crippen LogP contribution is -2.45. The molecule has 4 aromatic rings. The average molecular weight is 471 g/mol. The maximum Gasteiger partial charge on any atom is 0.413 e. The van der Waals surface area contributed by atoms with E-state index in [0.717, 1.165) is 4.90 Å². The fourth-order valence-electron chi connectivity index (χ4n) is 4.34. The maximum atomic E-state index is 13.5. The molecule has 176 valence electrons. The molecule has 10 nitrogen and oxygen atoms in total. The van der Waals surface area contributed by atoms with Crippen LogP contribution in [0.4, 0.5) is 22.1 Å². The van der Waals surface area contributed by atoms with Gasteiger partial charge in [-0.2, -0.15) is 0 Å². The van der Waals surface area contributed by atoms with Crippen molar-refractivity contribution in [3.05, 3.63) is 83.4 Å². The van der Waals surface area contributed by atoms with Gasteiger partial charge in [-0.25, -0.2) is 9.78 Å². The van der Waals surface area contributed by atoms with Crippen molar-refractivity contribution in [1.29, 1.82) is 0 Å². The highest BCUT2D eigenvalue weighted by Crippen LogP contribution is 2.45. The molecule has 1 atom stereocenters. The van der Waals surface area contributed by atoms with Crippen LogP contribution in [0.25, 0.3) is 11.0 Å². The van der Waals surface area contributed by atoms with Gasteiger partial charge < -0.3 is 20.5 Å². The summed E-state index contributed by atoms with van der Waals surface area (Å²) in [5.41, 5.74) is 1.09. The van der Waals surface area contributed by atoms with Gasteiger partial charge in [-0.05, 0) is 36.4 Å². The second kappa shape index (κ2) is 7.96. The van der Waals surface area contributed by atoms with Crippen molar-refractivity contribution >= 4 is 46.3 Å². The maximum absolute atomic E-state index is 13.5. The third kappa shape index (κ3) is 3.47. The molecule has 1 aromatic heterocycles. The summed E-state index contributed by atoms with van der Waals surface area (Å²) in [5, 5.41) is 24.2. The Kier molecular flexibility index (Phi) is 5.03. The SMILES string of the molecule is CC(=O)Nc1cccc(N2C(=O)c3ccccc3C2(O)c2ccc3nc(N(C)C(=O)O)[nH]c3c2)c1. The number of carbonyl (C=O) groups is 3. The van der Waals surface area contributed by atoms with Gasteiger partial charge >= 0.3 is 6.09 Å². The summed E-state index contributed by atoms with van der Waals surface area (Å²) in [5.74, 6) is -0.543. The highest BCUT2D eigenvalue weighted by atomic mass is 16.4. The van der Waals surface area contributed by atoms with E-state index in [1.807, 2.05) is 0 Å². The number of imidazole rings is 1. The van der Waals surface area contributed by atoms with Gasteiger partial charge in [0.2, 0.25) is 11.9 Å². The number of anilines is 3. The van der Waals surface area contributed by atoms with Crippen LogP contribution in [-0.4, -0.2) is 45.1 Å². The van der Waals surface area contributed by atoms with Crippen LogP contribution in [0.2, 0.25) is 0 Å². The topological polar surface area (TPSA) is 139 Å². The smallest absolute Gasteiger partial charge is 0.413 e. The van der Waals surface area contributed by atoms with Crippen molar-refractivity contribution in [3.63, 3.8) is 0 Å². The van der Waals surface area contributed by atoms with Crippen molar-refractivity contribution in [2.45, 2.75) is 12.6 Å². The van der Waals surface area contributed by atoms with Gasteiger partial charge in [-0.1, -0.05) is 30.3 Å². The minimum atomic E-state index is -1.87. The minimum absolute atomic E-state index is 0.124. The summed E-state index contributed by atoms with van der Waals surface area (Å²) in [6.07, 6.45) is -1.18. The van der Waals surface area contributed by atoms with E-state index < -0.39 is 17.7 Å². The number of H-pyrrole nitrogens is 1. The summed E-state index contributed by atoms with van der Waals surface area (Å²) in [4.78, 5) is 45.9. The van der Waals surface area contributed by atoms with E-state index in [0.29, 0.717) is 39.1 Å². The average Bonchev–Trinajstić information content (AvgIpc) is 3.35. The molecule has 10 heteroatoms. The number of aromatic nitrogens is 2. The van der Waals surface area contributed by atoms with Crippen LogP contribution < -0.4 is 15.1 Å². The number of rotatable bonds is 4. The van der Waals surface area contributed by atoms with Gasteiger partial charge in [0.15, 0.2) is 5.72 Å². The second-order valence-electron chi connectivity index (χ2n) is 8.22.